The third kappa shape index (κ3) is 5.68. The van der Waals surface area contributed by atoms with E-state index in [0.717, 1.165) is 30.7 Å². The summed E-state index contributed by atoms with van der Waals surface area (Å²) in [6.45, 7) is 3.79. The molecule has 0 heterocycles. The SMILES string of the molecule is CCC1CCC(CCc2ccc(-c3cc(F)c(F)c(Oc4cc(F)c(F)c(F)c4)c3C)cc2)CC1. The molecule has 0 atom stereocenters. The first-order valence-electron chi connectivity index (χ1n) is 12.2. The molecule has 35 heavy (non-hydrogen) atoms. The number of aryl methyl sites for hydroxylation is 1. The first-order valence-corrected chi connectivity index (χ1v) is 12.2. The van der Waals surface area contributed by atoms with Crippen LogP contribution in [0.3, 0.4) is 0 Å². The number of ether oxygens (including phenoxy) is 1. The molecule has 1 aliphatic rings. The second-order valence-corrected chi connectivity index (χ2v) is 9.51. The maximum atomic E-state index is 14.6. The molecule has 0 aliphatic heterocycles. The molecule has 1 fully saturated rings. The molecule has 0 saturated heterocycles. The van der Waals surface area contributed by atoms with Gasteiger partial charge in [0.2, 0.25) is 5.82 Å². The number of hydrogen-bond donors (Lipinski definition) is 0. The molecule has 6 heteroatoms. The number of rotatable bonds is 7. The van der Waals surface area contributed by atoms with Crippen LogP contribution in [0.4, 0.5) is 22.0 Å². The summed E-state index contributed by atoms with van der Waals surface area (Å²) < 4.78 is 74.6. The van der Waals surface area contributed by atoms with Crippen molar-refractivity contribution in [2.24, 2.45) is 11.8 Å². The van der Waals surface area contributed by atoms with Gasteiger partial charge < -0.3 is 4.74 Å². The predicted octanol–water partition coefficient (Wildman–Crippen LogP) is 9.30. The molecule has 1 saturated carbocycles. The summed E-state index contributed by atoms with van der Waals surface area (Å²) in [4.78, 5) is 0. The van der Waals surface area contributed by atoms with Crippen LogP contribution in [0.2, 0.25) is 0 Å². The Kier molecular flexibility index (Phi) is 7.78. The Morgan fingerprint density at radius 2 is 1.34 bits per heavy atom. The van der Waals surface area contributed by atoms with Crippen molar-refractivity contribution in [3.05, 3.63) is 82.7 Å². The third-order valence-corrected chi connectivity index (χ3v) is 7.25. The molecule has 3 aromatic rings. The van der Waals surface area contributed by atoms with Crippen LogP contribution in [0.25, 0.3) is 11.1 Å². The minimum Gasteiger partial charge on any atom is -0.454 e. The van der Waals surface area contributed by atoms with Crippen molar-refractivity contribution in [2.45, 2.75) is 58.8 Å². The van der Waals surface area contributed by atoms with Crippen molar-refractivity contribution in [1.82, 2.24) is 0 Å². The second kappa shape index (κ2) is 10.8. The average molecular weight is 489 g/mol. The summed E-state index contributed by atoms with van der Waals surface area (Å²) in [5, 5.41) is 0. The van der Waals surface area contributed by atoms with Crippen LogP contribution < -0.4 is 4.74 Å². The van der Waals surface area contributed by atoms with Crippen molar-refractivity contribution in [2.75, 3.05) is 0 Å². The summed E-state index contributed by atoms with van der Waals surface area (Å²) in [5.41, 5.74) is 2.50. The van der Waals surface area contributed by atoms with Crippen LogP contribution in [0.15, 0.2) is 42.5 Å². The maximum Gasteiger partial charge on any atom is 0.201 e. The summed E-state index contributed by atoms with van der Waals surface area (Å²) in [5.74, 6) is -6.41. The summed E-state index contributed by atoms with van der Waals surface area (Å²) in [6, 6.07) is 9.92. The molecule has 0 N–H and O–H groups in total. The molecule has 0 spiro atoms. The first-order chi connectivity index (χ1) is 16.8. The average Bonchev–Trinajstić information content (AvgIpc) is 2.86. The zero-order chi connectivity index (χ0) is 25.1. The maximum absolute atomic E-state index is 14.6. The highest BCUT2D eigenvalue weighted by molar-refractivity contribution is 5.70. The highest BCUT2D eigenvalue weighted by Gasteiger charge is 2.22. The van der Waals surface area contributed by atoms with Gasteiger partial charge in [0.1, 0.15) is 5.75 Å². The molecule has 4 rings (SSSR count). The van der Waals surface area contributed by atoms with E-state index in [4.69, 9.17) is 4.74 Å². The number of benzene rings is 3. The largest absolute Gasteiger partial charge is 0.454 e. The van der Waals surface area contributed by atoms with Gasteiger partial charge in [-0.05, 0) is 54.4 Å². The second-order valence-electron chi connectivity index (χ2n) is 9.51. The molecule has 1 aliphatic carbocycles. The van der Waals surface area contributed by atoms with Gasteiger partial charge >= 0.3 is 0 Å². The fourth-order valence-corrected chi connectivity index (χ4v) is 4.97. The van der Waals surface area contributed by atoms with Crippen LogP contribution in [-0.2, 0) is 6.42 Å². The fourth-order valence-electron chi connectivity index (χ4n) is 4.97. The lowest BCUT2D eigenvalue weighted by atomic mass is 9.78. The quantitative estimate of drug-likeness (QED) is 0.238. The lowest BCUT2D eigenvalue weighted by Crippen LogP contribution is -2.14. The van der Waals surface area contributed by atoms with Gasteiger partial charge in [-0.15, -0.1) is 0 Å². The molecular formula is C29H29F5O. The molecule has 186 valence electrons. The van der Waals surface area contributed by atoms with Crippen LogP contribution in [0.1, 0.15) is 56.6 Å². The summed E-state index contributed by atoms with van der Waals surface area (Å²) in [7, 11) is 0. The molecule has 0 amide bonds. The van der Waals surface area contributed by atoms with Crippen molar-refractivity contribution >= 4 is 0 Å². The van der Waals surface area contributed by atoms with Gasteiger partial charge in [-0.1, -0.05) is 63.3 Å². The monoisotopic (exact) mass is 488 g/mol. The van der Waals surface area contributed by atoms with E-state index >= 15 is 0 Å². The number of halogens is 5. The zero-order valence-electron chi connectivity index (χ0n) is 19.9. The minimum absolute atomic E-state index is 0.259. The molecule has 3 aromatic carbocycles. The fraction of sp³-hybridized carbons (Fsp3) is 0.379. The molecular weight excluding hydrogens is 459 g/mol. The van der Waals surface area contributed by atoms with E-state index in [9.17, 15) is 22.0 Å². The molecule has 0 radical (unpaired) electrons. The van der Waals surface area contributed by atoms with Crippen molar-refractivity contribution in [1.29, 1.82) is 0 Å². The van der Waals surface area contributed by atoms with Gasteiger partial charge in [0, 0.05) is 17.7 Å². The van der Waals surface area contributed by atoms with Gasteiger partial charge in [-0.25, -0.2) is 17.6 Å². The molecule has 0 aromatic heterocycles. The van der Waals surface area contributed by atoms with Crippen LogP contribution in [0, 0.1) is 47.8 Å². The van der Waals surface area contributed by atoms with Crippen LogP contribution in [-0.4, -0.2) is 0 Å². The molecule has 0 bridgehead atoms. The topological polar surface area (TPSA) is 9.23 Å². The zero-order valence-corrected chi connectivity index (χ0v) is 19.9. The van der Waals surface area contributed by atoms with E-state index in [0.29, 0.717) is 23.3 Å². The Labute approximate surface area is 202 Å². The van der Waals surface area contributed by atoms with Gasteiger partial charge in [-0.2, -0.15) is 4.39 Å². The van der Waals surface area contributed by atoms with Gasteiger partial charge in [-0.3, -0.25) is 0 Å². The molecule has 0 unspecified atom stereocenters. The summed E-state index contributed by atoms with van der Waals surface area (Å²) >= 11 is 0. The smallest absolute Gasteiger partial charge is 0.201 e. The van der Waals surface area contributed by atoms with E-state index in [1.54, 1.807) is 0 Å². The Morgan fingerprint density at radius 3 is 1.94 bits per heavy atom. The first kappa shape index (κ1) is 25.2. The minimum atomic E-state index is -1.66. The van der Waals surface area contributed by atoms with Crippen LogP contribution in [0.5, 0.6) is 11.5 Å². The Balaban J connectivity index is 1.51. The van der Waals surface area contributed by atoms with Gasteiger partial charge in [0.25, 0.3) is 0 Å². The van der Waals surface area contributed by atoms with Gasteiger partial charge in [0.05, 0.1) is 0 Å². The Morgan fingerprint density at radius 1 is 0.771 bits per heavy atom. The van der Waals surface area contributed by atoms with Crippen molar-refractivity contribution in [3.8, 4) is 22.6 Å². The standard InChI is InChI=1S/C29H29F5O/c1-3-18-4-6-19(7-5-18)8-9-20-10-12-21(13-11-20)23-16-26(32)28(34)29(17(23)2)35-22-14-24(30)27(33)25(31)15-22/h10-16,18-19H,3-9H2,1-2H3. The Hall–Kier alpha value is -2.89. The van der Waals surface area contributed by atoms with E-state index < -0.39 is 40.6 Å². The molecule has 1 nitrogen and oxygen atoms in total. The van der Waals surface area contributed by atoms with E-state index in [-0.39, 0.29) is 5.56 Å². The lowest BCUT2D eigenvalue weighted by Gasteiger charge is -2.27. The number of hydrogen-bond acceptors (Lipinski definition) is 1. The van der Waals surface area contributed by atoms with E-state index in [1.807, 2.05) is 24.3 Å². The lowest BCUT2D eigenvalue weighted by molar-refractivity contribution is 0.259. The third-order valence-electron chi connectivity index (χ3n) is 7.25. The predicted molar refractivity (Wildman–Crippen MR) is 127 cm³/mol. The Bertz CT molecular complexity index is 1160. The normalized spacial score (nSPS) is 18.0. The van der Waals surface area contributed by atoms with Crippen molar-refractivity contribution < 1.29 is 26.7 Å². The van der Waals surface area contributed by atoms with Crippen molar-refractivity contribution in [3.63, 3.8) is 0 Å². The summed E-state index contributed by atoms with van der Waals surface area (Å²) in [6.07, 6.45) is 8.58. The van der Waals surface area contributed by atoms with Gasteiger partial charge in [0.15, 0.2) is 29.0 Å². The highest BCUT2D eigenvalue weighted by Crippen LogP contribution is 2.38. The van der Waals surface area contributed by atoms with E-state index in [2.05, 4.69) is 6.92 Å². The van der Waals surface area contributed by atoms with E-state index in [1.165, 1.54) is 44.6 Å². The van der Waals surface area contributed by atoms with Crippen LogP contribution >= 0.6 is 0 Å². The highest BCUT2D eigenvalue weighted by atomic mass is 19.2.